The van der Waals surface area contributed by atoms with Crippen molar-refractivity contribution in [3.05, 3.63) is 0 Å². The van der Waals surface area contributed by atoms with Crippen LogP contribution in [0.25, 0.3) is 0 Å². The van der Waals surface area contributed by atoms with Crippen LogP contribution in [0.5, 0.6) is 0 Å². The van der Waals surface area contributed by atoms with Gasteiger partial charge in [0.15, 0.2) is 0 Å². The number of rotatable bonds is 4. The number of halogens is 5. The summed E-state index contributed by atoms with van der Waals surface area (Å²) in [4.78, 5) is 0. The van der Waals surface area contributed by atoms with Crippen LogP contribution in [0.3, 0.4) is 0 Å². The summed E-state index contributed by atoms with van der Waals surface area (Å²) in [5.41, 5.74) is 0. The minimum absolute atomic E-state index is 0.0916. The SMILES string of the molecule is COCCCC(F)(F)C(F)(F)F. The molecular weight excluding hydrogens is 183 g/mol. The molecule has 74 valence electrons. The molecule has 0 aromatic carbocycles. The Morgan fingerprint density at radius 1 is 1.08 bits per heavy atom. The van der Waals surface area contributed by atoms with Crippen LogP contribution in [-0.2, 0) is 4.74 Å². The molecule has 0 aromatic rings. The van der Waals surface area contributed by atoms with Crippen LogP contribution in [0.1, 0.15) is 12.8 Å². The zero-order valence-corrected chi connectivity index (χ0v) is 6.42. The maximum absolute atomic E-state index is 12.1. The van der Waals surface area contributed by atoms with E-state index in [-0.39, 0.29) is 13.0 Å². The van der Waals surface area contributed by atoms with Crippen LogP contribution in [-0.4, -0.2) is 25.8 Å². The lowest BCUT2D eigenvalue weighted by Gasteiger charge is -2.18. The smallest absolute Gasteiger partial charge is 0.385 e. The van der Waals surface area contributed by atoms with Crippen molar-refractivity contribution in [2.75, 3.05) is 13.7 Å². The molecule has 0 N–H and O–H groups in total. The van der Waals surface area contributed by atoms with E-state index in [2.05, 4.69) is 4.74 Å². The third-order valence-corrected chi connectivity index (χ3v) is 1.25. The summed E-state index contributed by atoms with van der Waals surface area (Å²) in [5.74, 6) is -4.59. The minimum atomic E-state index is -5.44. The Labute approximate surface area is 66.5 Å². The second-order valence-electron chi connectivity index (χ2n) is 2.30. The van der Waals surface area contributed by atoms with E-state index in [1.165, 1.54) is 7.11 Å². The monoisotopic (exact) mass is 192 g/mol. The van der Waals surface area contributed by atoms with Gasteiger partial charge in [-0.3, -0.25) is 0 Å². The van der Waals surface area contributed by atoms with Crippen molar-refractivity contribution in [1.29, 1.82) is 0 Å². The number of ether oxygens (including phenoxy) is 1. The molecular formula is C6H9F5O. The van der Waals surface area contributed by atoms with E-state index < -0.39 is 18.5 Å². The van der Waals surface area contributed by atoms with Crippen molar-refractivity contribution in [1.82, 2.24) is 0 Å². The molecule has 0 aromatic heterocycles. The molecule has 0 unspecified atom stereocenters. The first kappa shape index (κ1) is 11.6. The Kier molecular flexibility index (Phi) is 3.89. The molecule has 0 aliphatic carbocycles. The highest BCUT2D eigenvalue weighted by Crippen LogP contribution is 2.38. The molecule has 6 heteroatoms. The molecule has 0 atom stereocenters. The van der Waals surface area contributed by atoms with E-state index in [4.69, 9.17) is 0 Å². The quantitative estimate of drug-likeness (QED) is 0.491. The van der Waals surface area contributed by atoms with Gasteiger partial charge in [0.1, 0.15) is 0 Å². The predicted molar refractivity (Wildman–Crippen MR) is 32.1 cm³/mol. The first-order valence-electron chi connectivity index (χ1n) is 3.25. The van der Waals surface area contributed by atoms with E-state index >= 15 is 0 Å². The topological polar surface area (TPSA) is 9.23 Å². The van der Waals surface area contributed by atoms with Gasteiger partial charge < -0.3 is 4.74 Å². The standard InChI is InChI=1S/C6H9F5O/c1-12-4-2-3-5(7,8)6(9,10)11/h2-4H2,1H3. The molecule has 0 saturated carbocycles. The fraction of sp³-hybridized carbons (Fsp3) is 1.00. The van der Waals surface area contributed by atoms with Gasteiger partial charge in [0, 0.05) is 20.1 Å². The van der Waals surface area contributed by atoms with Gasteiger partial charge in [0.2, 0.25) is 0 Å². The Morgan fingerprint density at radius 2 is 1.58 bits per heavy atom. The van der Waals surface area contributed by atoms with E-state index in [1.54, 1.807) is 0 Å². The molecule has 1 nitrogen and oxygen atoms in total. The second-order valence-corrected chi connectivity index (χ2v) is 2.30. The van der Waals surface area contributed by atoms with Gasteiger partial charge in [-0.05, 0) is 6.42 Å². The molecule has 0 heterocycles. The van der Waals surface area contributed by atoms with Gasteiger partial charge in [-0.2, -0.15) is 22.0 Å². The summed E-state index contributed by atoms with van der Waals surface area (Å²) in [5, 5.41) is 0. The lowest BCUT2D eigenvalue weighted by molar-refractivity contribution is -0.285. The van der Waals surface area contributed by atoms with Crippen molar-refractivity contribution in [2.24, 2.45) is 0 Å². The third kappa shape index (κ3) is 3.34. The Morgan fingerprint density at radius 3 is 1.92 bits per heavy atom. The number of hydrogen-bond acceptors (Lipinski definition) is 1. The highest BCUT2D eigenvalue weighted by atomic mass is 19.4. The van der Waals surface area contributed by atoms with Crippen molar-refractivity contribution in [3.8, 4) is 0 Å². The average molecular weight is 192 g/mol. The molecule has 0 amide bonds. The minimum Gasteiger partial charge on any atom is -0.385 e. The van der Waals surface area contributed by atoms with Crippen LogP contribution in [0.4, 0.5) is 22.0 Å². The lowest BCUT2D eigenvalue weighted by Crippen LogP contribution is -2.36. The molecule has 0 spiro atoms. The summed E-state index contributed by atoms with van der Waals surface area (Å²) >= 11 is 0. The van der Waals surface area contributed by atoms with Crippen LogP contribution in [0.15, 0.2) is 0 Å². The number of alkyl halides is 5. The van der Waals surface area contributed by atoms with Gasteiger partial charge in [0.05, 0.1) is 0 Å². The van der Waals surface area contributed by atoms with Crippen molar-refractivity contribution in [2.45, 2.75) is 24.9 Å². The summed E-state index contributed by atoms with van der Waals surface area (Å²) in [6.07, 6.45) is -6.96. The number of hydrogen-bond donors (Lipinski definition) is 0. The average Bonchev–Trinajstić information content (AvgIpc) is 1.85. The summed E-state index contributed by atoms with van der Waals surface area (Å²) in [7, 11) is 1.24. The maximum Gasteiger partial charge on any atom is 0.453 e. The molecule has 0 aliphatic rings. The zero-order chi connectivity index (χ0) is 9.83. The zero-order valence-electron chi connectivity index (χ0n) is 6.42. The predicted octanol–water partition coefficient (Wildman–Crippen LogP) is 2.61. The second kappa shape index (κ2) is 4.02. The Bertz CT molecular complexity index is 130. The molecule has 12 heavy (non-hydrogen) atoms. The largest absolute Gasteiger partial charge is 0.453 e. The highest BCUT2D eigenvalue weighted by molar-refractivity contribution is 4.74. The molecule has 0 rings (SSSR count). The summed E-state index contributed by atoms with van der Waals surface area (Å²) in [6, 6.07) is 0. The molecule has 0 bridgehead atoms. The van der Waals surface area contributed by atoms with Gasteiger partial charge >= 0.3 is 12.1 Å². The van der Waals surface area contributed by atoms with Crippen molar-refractivity contribution >= 4 is 0 Å². The first-order chi connectivity index (χ1) is 5.31. The van der Waals surface area contributed by atoms with Crippen molar-refractivity contribution < 1.29 is 26.7 Å². The number of methoxy groups -OCH3 is 1. The van der Waals surface area contributed by atoms with Crippen LogP contribution in [0.2, 0.25) is 0 Å². The first-order valence-corrected chi connectivity index (χ1v) is 3.25. The molecule has 0 radical (unpaired) electrons. The molecule has 0 saturated heterocycles. The fourth-order valence-corrected chi connectivity index (χ4v) is 0.580. The summed E-state index contributed by atoms with van der Waals surface area (Å²) in [6.45, 7) is -0.0916. The van der Waals surface area contributed by atoms with E-state index in [1.807, 2.05) is 0 Å². The normalized spacial score (nSPS) is 13.5. The van der Waals surface area contributed by atoms with Crippen LogP contribution >= 0.6 is 0 Å². The fourth-order valence-electron chi connectivity index (χ4n) is 0.580. The Balaban J connectivity index is 3.88. The van der Waals surface area contributed by atoms with Gasteiger partial charge in [-0.1, -0.05) is 0 Å². The summed E-state index contributed by atoms with van der Waals surface area (Å²) < 4.78 is 62.9. The maximum atomic E-state index is 12.1. The highest BCUT2D eigenvalue weighted by Gasteiger charge is 2.56. The molecule has 0 aliphatic heterocycles. The van der Waals surface area contributed by atoms with Crippen LogP contribution < -0.4 is 0 Å². The van der Waals surface area contributed by atoms with E-state index in [0.29, 0.717) is 0 Å². The third-order valence-electron chi connectivity index (χ3n) is 1.25. The van der Waals surface area contributed by atoms with Gasteiger partial charge in [0.25, 0.3) is 0 Å². The lowest BCUT2D eigenvalue weighted by atomic mass is 10.2. The van der Waals surface area contributed by atoms with Gasteiger partial charge in [-0.25, -0.2) is 0 Å². The van der Waals surface area contributed by atoms with Crippen LogP contribution in [0, 0.1) is 0 Å². The van der Waals surface area contributed by atoms with Gasteiger partial charge in [-0.15, -0.1) is 0 Å². The van der Waals surface area contributed by atoms with E-state index in [9.17, 15) is 22.0 Å². The van der Waals surface area contributed by atoms with Crippen molar-refractivity contribution in [3.63, 3.8) is 0 Å². The van der Waals surface area contributed by atoms with E-state index in [0.717, 1.165) is 0 Å². The Hall–Kier alpha value is -0.390. The molecule has 0 fully saturated rings.